The summed E-state index contributed by atoms with van der Waals surface area (Å²) >= 11 is 0. The molecule has 0 amide bonds. The molecule has 12 heavy (non-hydrogen) atoms. The Bertz CT molecular complexity index is 132. The van der Waals surface area contributed by atoms with Gasteiger partial charge in [0.2, 0.25) is 0 Å². The first kappa shape index (κ1) is 11.5. The Hall–Kier alpha value is -0.530. The van der Waals surface area contributed by atoms with Gasteiger partial charge in [-0.2, -0.15) is 0 Å². The quantitative estimate of drug-likeness (QED) is 0.668. The number of rotatable bonds is 6. The van der Waals surface area contributed by atoms with E-state index < -0.39 is 5.97 Å². The molecule has 2 atom stereocenters. The predicted molar refractivity (Wildman–Crippen MR) is 50.1 cm³/mol. The first-order chi connectivity index (χ1) is 5.57. The molecule has 2 nitrogen and oxygen atoms in total. The van der Waals surface area contributed by atoms with Crippen LogP contribution in [0.15, 0.2) is 0 Å². The topological polar surface area (TPSA) is 37.3 Å². The van der Waals surface area contributed by atoms with E-state index in [4.69, 9.17) is 5.11 Å². The molecule has 0 aliphatic carbocycles. The zero-order valence-electron chi connectivity index (χ0n) is 8.34. The van der Waals surface area contributed by atoms with E-state index in [2.05, 4.69) is 13.8 Å². The summed E-state index contributed by atoms with van der Waals surface area (Å²) in [4.78, 5) is 10.5. The van der Waals surface area contributed by atoms with Crippen LogP contribution in [0.3, 0.4) is 0 Å². The number of hydrogen-bond donors (Lipinski definition) is 1. The van der Waals surface area contributed by atoms with Crippen molar-refractivity contribution in [3.8, 4) is 0 Å². The summed E-state index contributed by atoms with van der Waals surface area (Å²) in [5, 5.41) is 8.66. The molecule has 0 bridgehead atoms. The zero-order chi connectivity index (χ0) is 9.56. The van der Waals surface area contributed by atoms with Gasteiger partial charge in [0, 0.05) is 0 Å². The van der Waals surface area contributed by atoms with Crippen LogP contribution in [0.4, 0.5) is 0 Å². The normalized spacial score (nSPS) is 15.6. The van der Waals surface area contributed by atoms with E-state index in [9.17, 15) is 4.79 Å². The van der Waals surface area contributed by atoms with E-state index >= 15 is 0 Å². The fourth-order valence-electron chi connectivity index (χ4n) is 1.37. The van der Waals surface area contributed by atoms with Crippen LogP contribution in [0.1, 0.15) is 46.5 Å². The maximum absolute atomic E-state index is 10.5. The minimum atomic E-state index is -0.668. The molecule has 0 aromatic heterocycles. The van der Waals surface area contributed by atoms with Crippen molar-refractivity contribution >= 4 is 5.97 Å². The predicted octanol–water partition coefficient (Wildman–Crippen LogP) is 2.92. The van der Waals surface area contributed by atoms with Crippen molar-refractivity contribution in [2.24, 2.45) is 11.8 Å². The van der Waals surface area contributed by atoms with E-state index in [0.717, 1.165) is 12.8 Å². The maximum atomic E-state index is 10.5. The molecule has 0 aromatic carbocycles. The van der Waals surface area contributed by atoms with Gasteiger partial charge in [0.15, 0.2) is 0 Å². The highest BCUT2D eigenvalue weighted by Gasteiger charge is 2.14. The zero-order valence-corrected chi connectivity index (χ0v) is 8.34. The average molecular weight is 172 g/mol. The van der Waals surface area contributed by atoms with Crippen LogP contribution >= 0.6 is 0 Å². The van der Waals surface area contributed by atoms with Crippen LogP contribution in [0, 0.1) is 11.8 Å². The molecule has 0 saturated heterocycles. The molecule has 0 aliphatic rings. The van der Waals surface area contributed by atoms with Crippen molar-refractivity contribution in [3.63, 3.8) is 0 Å². The van der Waals surface area contributed by atoms with Gasteiger partial charge in [-0.15, -0.1) is 0 Å². The number of hydrogen-bond acceptors (Lipinski definition) is 1. The molecule has 2 heteroatoms. The second-order valence-electron chi connectivity index (χ2n) is 3.72. The van der Waals surface area contributed by atoms with Gasteiger partial charge in [0.25, 0.3) is 0 Å². The minimum absolute atomic E-state index is 0.183. The highest BCUT2D eigenvalue weighted by atomic mass is 16.4. The van der Waals surface area contributed by atoms with Crippen molar-refractivity contribution in [2.45, 2.75) is 46.5 Å². The lowest BCUT2D eigenvalue weighted by Gasteiger charge is -2.13. The number of carboxylic acids is 1. The smallest absolute Gasteiger partial charge is 0.306 e. The molecule has 0 radical (unpaired) electrons. The maximum Gasteiger partial charge on any atom is 0.306 e. The second-order valence-corrected chi connectivity index (χ2v) is 3.72. The van der Waals surface area contributed by atoms with E-state index in [1.807, 2.05) is 0 Å². The molecular formula is C10H20O2. The Morgan fingerprint density at radius 1 is 1.42 bits per heavy atom. The van der Waals surface area contributed by atoms with Crippen LogP contribution in [0.25, 0.3) is 0 Å². The van der Waals surface area contributed by atoms with Gasteiger partial charge >= 0.3 is 5.97 Å². The van der Waals surface area contributed by atoms with Gasteiger partial charge in [-0.25, -0.2) is 0 Å². The summed E-state index contributed by atoms with van der Waals surface area (Å²) < 4.78 is 0. The first-order valence-electron chi connectivity index (χ1n) is 4.80. The molecule has 0 fully saturated rings. The standard InChI is InChI=1S/C10H20O2/c1-4-5-6-8(2)7-9(3)10(11)12/h8-9H,4-7H2,1-3H3,(H,11,12)/t8-,9+/m0/s1. The van der Waals surface area contributed by atoms with Crippen LogP contribution in [-0.4, -0.2) is 11.1 Å². The van der Waals surface area contributed by atoms with Crippen molar-refractivity contribution < 1.29 is 9.90 Å². The Labute approximate surface area is 75.0 Å². The van der Waals surface area contributed by atoms with Gasteiger partial charge in [-0.05, 0) is 12.3 Å². The molecule has 0 rings (SSSR count). The van der Waals surface area contributed by atoms with Crippen LogP contribution in [0.5, 0.6) is 0 Å². The average Bonchev–Trinajstić information content (AvgIpc) is 2.00. The monoisotopic (exact) mass is 172 g/mol. The Balaban J connectivity index is 3.53. The third-order valence-electron chi connectivity index (χ3n) is 2.23. The molecular weight excluding hydrogens is 152 g/mol. The fraction of sp³-hybridized carbons (Fsp3) is 0.900. The summed E-state index contributed by atoms with van der Waals surface area (Å²) in [5.41, 5.74) is 0. The fourth-order valence-corrected chi connectivity index (χ4v) is 1.37. The Morgan fingerprint density at radius 3 is 2.42 bits per heavy atom. The lowest BCUT2D eigenvalue weighted by molar-refractivity contribution is -0.141. The molecule has 0 aliphatic heterocycles. The van der Waals surface area contributed by atoms with Crippen LogP contribution in [0.2, 0.25) is 0 Å². The highest BCUT2D eigenvalue weighted by molar-refractivity contribution is 5.69. The minimum Gasteiger partial charge on any atom is -0.481 e. The molecule has 0 aromatic rings. The number of carbonyl (C=O) groups is 1. The van der Waals surface area contributed by atoms with Crippen molar-refractivity contribution in [1.82, 2.24) is 0 Å². The molecule has 0 unspecified atom stereocenters. The van der Waals surface area contributed by atoms with E-state index in [-0.39, 0.29) is 5.92 Å². The highest BCUT2D eigenvalue weighted by Crippen LogP contribution is 2.17. The second kappa shape index (κ2) is 6.04. The Kier molecular flexibility index (Phi) is 5.77. The van der Waals surface area contributed by atoms with Gasteiger partial charge < -0.3 is 5.11 Å². The molecule has 0 saturated carbocycles. The lowest BCUT2D eigenvalue weighted by atomic mass is 9.93. The number of aliphatic carboxylic acids is 1. The summed E-state index contributed by atoms with van der Waals surface area (Å²) in [7, 11) is 0. The third kappa shape index (κ3) is 5.16. The van der Waals surface area contributed by atoms with Crippen LogP contribution < -0.4 is 0 Å². The summed E-state index contributed by atoms with van der Waals surface area (Å²) in [5.74, 6) is -0.300. The SMILES string of the molecule is CCCC[C@H](C)C[C@@H](C)C(=O)O. The third-order valence-corrected chi connectivity index (χ3v) is 2.23. The Morgan fingerprint density at radius 2 is 2.00 bits per heavy atom. The molecule has 0 spiro atoms. The summed E-state index contributed by atoms with van der Waals surface area (Å²) in [6.07, 6.45) is 4.39. The molecule has 0 heterocycles. The largest absolute Gasteiger partial charge is 0.481 e. The lowest BCUT2D eigenvalue weighted by Crippen LogP contribution is -2.13. The number of carboxylic acid groups (broad SMARTS) is 1. The van der Waals surface area contributed by atoms with E-state index in [1.54, 1.807) is 6.92 Å². The van der Waals surface area contributed by atoms with Gasteiger partial charge in [0.05, 0.1) is 5.92 Å². The van der Waals surface area contributed by atoms with Gasteiger partial charge in [-0.3, -0.25) is 4.79 Å². The summed E-state index contributed by atoms with van der Waals surface area (Å²) in [6.45, 7) is 6.08. The van der Waals surface area contributed by atoms with Crippen molar-refractivity contribution in [2.75, 3.05) is 0 Å². The van der Waals surface area contributed by atoms with Crippen molar-refractivity contribution in [3.05, 3.63) is 0 Å². The number of unbranched alkanes of at least 4 members (excludes halogenated alkanes) is 1. The van der Waals surface area contributed by atoms with Gasteiger partial charge in [0.1, 0.15) is 0 Å². The van der Waals surface area contributed by atoms with Crippen LogP contribution in [-0.2, 0) is 4.79 Å². The van der Waals surface area contributed by atoms with Gasteiger partial charge in [-0.1, -0.05) is 40.0 Å². The van der Waals surface area contributed by atoms with E-state index in [0.29, 0.717) is 5.92 Å². The molecule has 1 N–H and O–H groups in total. The van der Waals surface area contributed by atoms with E-state index in [1.165, 1.54) is 12.8 Å². The first-order valence-corrected chi connectivity index (χ1v) is 4.80. The molecule has 72 valence electrons. The van der Waals surface area contributed by atoms with Crippen molar-refractivity contribution in [1.29, 1.82) is 0 Å². The summed E-state index contributed by atoms with van der Waals surface area (Å²) in [6, 6.07) is 0.